The summed E-state index contributed by atoms with van der Waals surface area (Å²) in [5.41, 5.74) is 6.91. The van der Waals surface area contributed by atoms with Crippen molar-refractivity contribution in [2.75, 3.05) is 0 Å². The second-order valence-corrected chi connectivity index (χ2v) is 2.93. The minimum Gasteiger partial charge on any atom is -0.465 e. The number of rotatable bonds is 1. The zero-order chi connectivity index (χ0) is 9.10. The molecule has 2 rings (SSSR count). The van der Waals surface area contributed by atoms with Gasteiger partial charge in [0, 0.05) is 6.04 Å². The molecule has 0 saturated carbocycles. The van der Waals surface area contributed by atoms with Gasteiger partial charge in [-0.15, -0.1) is 0 Å². The first kappa shape index (κ1) is 8.08. The first-order chi connectivity index (χ1) is 6.36. The van der Waals surface area contributed by atoms with Crippen LogP contribution in [-0.4, -0.2) is 6.04 Å². The average molecular weight is 173 g/mol. The van der Waals surface area contributed by atoms with Gasteiger partial charge < -0.3 is 10.2 Å². The molecule has 0 aliphatic heterocycles. The minimum atomic E-state index is -0.0184. The molecule has 1 atom stereocenters. The van der Waals surface area contributed by atoms with E-state index in [1.54, 1.807) is 6.26 Å². The van der Waals surface area contributed by atoms with E-state index in [9.17, 15) is 0 Å². The Kier molecular flexibility index (Phi) is 2.15. The van der Waals surface area contributed by atoms with Crippen LogP contribution < -0.4 is 5.73 Å². The maximum Gasteiger partial charge on any atom is 0.126 e. The number of allylic oxidation sites excluding steroid dienone is 2. The normalized spacial score (nSPS) is 24.1. The molecule has 1 aliphatic carbocycles. The van der Waals surface area contributed by atoms with Gasteiger partial charge in [0.25, 0.3) is 0 Å². The quantitative estimate of drug-likeness (QED) is 0.706. The highest BCUT2D eigenvalue weighted by Gasteiger charge is 2.05. The number of furan rings is 1. The summed E-state index contributed by atoms with van der Waals surface area (Å²) in [6.07, 6.45) is 11.5. The van der Waals surface area contributed by atoms with Gasteiger partial charge in [-0.3, -0.25) is 0 Å². The molecule has 0 saturated heterocycles. The van der Waals surface area contributed by atoms with Crippen LogP contribution in [0.3, 0.4) is 0 Å². The van der Waals surface area contributed by atoms with Gasteiger partial charge in [-0.2, -0.15) is 0 Å². The molecule has 1 aromatic heterocycles. The zero-order valence-corrected chi connectivity index (χ0v) is 7.18. The van der Waals surface area contributed by atoms with E-state index in [-0.39, 0.29) is 6.04 Å². The molecule has 0 spiro atoms. The summed E-state index contributed by atoms with van der Waals surface area (Å²) in [7, 11) is 0. The van der Waals surface area contributed by atoms with E-state index in [4.69, 9.17) is 10.2 Å². The van der Waals surface area contributed by atoms with Crippen LogP contribution in [0.25, 0.3) is 6.08 Å². The number of hydrogen-bond donors (Lipinski definition) is 1. The summed E-state index contributed by atoms with van der Waals surface area (Å²) >= 11 is 0. The van der Waals surface area contributed by atoms with Crippen LogP contribution in [0, 0.1) is 0 Å². The Morgan fingerprint density at radius 1 is 1.38 bits per heavy atom. The van der Waals surface area contributed by atoms with E-state index in [1.165, 1.54) is 0 Å². The Hall–Kier alpha value is -1.54. The van der Waals surface area contributed by atoms with Crippen molar-refractivity contribution in [3.8, 4) is 0 Å². The minimum absolute atomic E-state index is 0.0184. The van der Waals surface area contributed by atoms with E-state index in [0.717, 1.165) is 11.3 Å². The molecule has 2 N–H and O–H groups in total. The third-order valence-corrected chi connectivity index (χ3v) is 1.96. The predicted octanol–water partition coefficient (Wildman–Crippen LogP) is 2.12. The molecular formula is C11H11NO. The van der Waals surface area contributed by atoms with Gasteiger partial charge in [0.05, 0.1) is 6.26 Å². The van der Waals surface area contributed by atoms with Gasteiger partial charge in [-0.05, 0) is 23.8 Å². The molecule has 1 unspecified atom stereocenters. The molecule has 0 bridgehead atoms. The highest BCUT2D eigenvalue weighted by Crippen LogP contribution is 2.14. The van der Waals surface area contributed by atoms with Gasteiger partial charge in [-0.1, -0.05) is 24.3 Å². The van der Waals surface area contributed by atoms with Crippen LogP contribution in [0.15, 0.2) is 52.7 Å². The summed E-state index contributed by atoms with van der Waals surface area (Å²) in [6.45, 7) is 0. The van der Waals surface area contributed by atoms with Gasteiger partial charge in [-0.25, -0.2) is 0 Å². The molecule has 0 fully saturated rings. The second-order valence-electron chi connectivity index (χ2n) is 2.93. The Bertz CT molecular complexity index is 357. The fraction of sp³-hybridized carbons (Fsp3) is 0.0909. The second kappa shape index (κ2) is 3.46. The van der Waals surface area contributed by atoms with Crippen molar-refractivity contribution in [3.63, 3.8) is 0 Å². The van der Waals surface area contributed by atoms with Gasteiger partial charge in [0.1, 0.15) is 5.76 Å². The predicted molar refractivity (Wildman–Crippen MR) is 52.9 cm³/mol. The van der Waals surface area contributed by atoms with Crippen molar-refractivity contribution in [1.82, 2.24) is 0 Å². The lowest BCUT2D eigenvalue weighted by Gasteiger charge is -2.10. The number of nitrogens with two attached hydrogens (primary N) is 1. The molecule has 0 radical (unpaired) electrons. The molecular weight excluding hydrogens is 162 g/mol. The number of hydrogen-bond acceptors (Lipinski definition) is 2. The molecule has 13 heavy (non-hydrogen) atoms. The molecule has 2 nitrogen and oxygen atoms in total. The average Bonchev–Trinajstić information content (AvgIpc) is 2.61. The summed E-state index contributed by atoms with van der Waals surface area (Å²) < 4.78 is 5.19. The van der Waals surface area contributed by atoms with E-state index < -0.39 is 0 Å². The summed E-state index contributed by atoms with van der Waals surface area (Å²) in [4.78, 5) is 0. The third-order valence-electron chi connectivity index (χ3n) is 1.96. The van der Waals surface area contributed by atoms with Gasteiger partial charge in [0.2, 0.25) is 0 Å². The molecule has 2 heteroatoms. The van der Waals surface area contributed by atoms with E-state index in [2.05, 4.69) is 0 Å². The molecule has 0 amide bonds. The topological polar surface area (TPSA) is 39.2 Å². The maximum atomic E-state index is 5.85. The Morgan fingerprint density at radius 3 is 3.00 bits per heavy atom. The van der Waals surface area contributed by atoms with Crippen molar-refractivity contribution in [2.45, 2.75) is 6.04 Å². The first-order valence-corrected chi connectivity index (χ1v) is 4.22. The van der Waals surface area contributed by atoms with E-state index >= 15 is 0 Å². The Labute approximate surface area is 77.0 Å². The fourth-order valence-electron chi connectivity index (χ4n) is 1.25. The van der Waals surface area contributed by atoms with Crippen LogP contribution in [0.1, 0.15) is 5.76 Å². The molecule has 1 aromatic rings. The van der Waals surface area contributed by atoms with E-state index in [1.807, 2.05) is 42.5 Å². The Balaban J connectivity index is 2.26. The summed E-state index contributed by atoms with van der Waals surface area (Å²) in [5, 5.41) is 0. The van der Waals surface area contributed by atoms with Crippen molar-refractivity contribution in [1.29, 1.82) is 0 Å². The molecule has 0 aromatic carbocycles. The summed E-state index contributed by atoms with van der Waals surface area (Å²) in [6, 6.07) is 3.75. The lowest BCUT2D eigenvalue weighted by Crippen LogP contribution is -2.19. The monoisotopic (exact) mass is 173 g/mol. The molecule has 1 aliphatic rings. The van der Waals surface area contributed by atoms with Crippen LogP contribution in [0.4, 0.5) is 0 Å². The zero-order valence-electron chi connectivity index (χ0n) is 7.18. The van der Waals surface area contributed by atoms with Crippen LogP contribution in [0.2, 0.25) is 0 Å². The summed E-state index contributed by atoms with van der Waals surface area (Å²) in [5.74, 6) is 0.838. The van der Waals surface area contributed by atoms with Crippen molar-refractivity contribution >= 4 is 6.08 Å². The largest absolute Gasteiger partial charge is 0.465 e. The molecule has 66 valence electrons. The van der Waals surface area contributed by atoms with Crippen LogP contribution in [0.5, 0.6) is 0 Å². The third kappa shape index (κ3) is 1.79. The highest BCUT2D eigenvalue weighted by atomic mass is 16.3. The van der Waals surface area contributed by atoms with Crippen LogP contribution >= 0.6 is 0 Å². The van der Waals surface area contributed by atoms with Crippen molar-refractivity contribution in [2.24, 2.45) is 5.73 Å². The van der Waals surface area contributed by atoms with Gasteiger partial charge >= 0.3 is 0 Å². The van der Waals surface area contributed by atoms with Gasteiger partial charge in [0.15, 0.2) is 0 Å². The Morgan fingerprint density at radius 2 is 2.31 bits per heavy atom. The lowest BCUT2D eigenvalue weighted by molar-refractivity contribution is 0.556. The smallest absolute Gasteiger partial charge is 0.126 e. The van der Waals surface area contributed by atoms with Crippen LogP contribution in [-0.2, 0) is 0 Å². The van der Waals surface area contributed by atoms with Crippen molar-refractivity contribution in [3.05, 3.63) is 54.0 Å². The highest BCUT2D eigenvalue weighted by molar-refractivity contribution is 5.56. The first-order valence-electron chi connectivity index (χ1n) is 4.22. The lowest BCUT2D eigenvalue weighted by atomic mass is 10.0. The fourth-order valence-corrected chi connectivity index (χ4v) is 1.25. The van der Waals surface area contributed by atoms with Crippen molar-refractivity contribution < 1.29 is 4.42 Å². The SMILES string of the molecule is NC1C=CC=CC1=Cc1ccco1. The molecule has 1 heterocycles. The standard InChI is InChI=1S/C11H11NO/c12-11-6-2-1-4-9(11)8-10-5-3-7-13-10/h1-8,11H,12H2. The maximum absolute atomic E-state index is 5.85. The van der Waals surface area contributed by atoms with E-state index in [0.29, 0.717) is 0 Å².